The zero-order valence-corrected chi connectivity index (χ0v) is 4.49. The van der Waals surface area contributed by atoms with Gasteiger partial charge in [0, 0.05) is 6.08 Å². The van der Waals surface area contributed by atoms with Gasteiger partial charge in [-0.1, -0.05) is 0 Å². The highest BCUT2D eigenvalue weighted by Crippen LogP contribution is 2.07. The van der Waals surface area contributed by atoms with E-state index in [-0.39, 0.29) is 5.54 Å². The summed E-state index contributed by atoms with van der Waals surface area (Å²) < 4.78 is 0. The molecule has 1 radical (unpaired) electrons. The quantitative estimate of drug-likeness (QED) is 0.479. The van der Waals surface area contributed by atoms with Crippen LogP contribution >= 0.6 is 0 Å². The summed E-state index contributed by atoms with van der Waals surface area (Å²) in [6.45, 7) is 3.97. The third-order valence-corrected chi connectivity index (χ3v) is 0.793. The van der Waals surface area contributed by atoms with Gasteiger partial charge in [0.1, 0.15) is 6.26 Å². The first-order chi connectivity index (χ1) is 3.21. The molecule has 0 aliphatic carbocycles. The molecule has 1 heterocycles. The summed E-state index contributed by atoms with van der Waals surface area (Å²) in [4.78, 5) is 4.67. The number of hydroxylamine groups is 1. The maximum atomic E-state index is 4.67. The van der Waals surface area contributed by atoms with Crippen LogP contribution in [0.1, 0.15) is 13.8 Å². The fraction of sp³-hybridized carbons (Fsp3) is 0.600. The smallest absolute Gasteiger partial charge is 0.116 e. The number of rotatable bonds is 0. The molecule has 7 heavy (non-hydrogen) atoms. The molecule has 0 saturated carbocycles. The van der Waals surface area contributed by atoms with Crippen LogP contribution in [0.4, 0.5) is 0 Å². The molecule has 0 saturated heterocycles. The van der Waals surface area contributed by atoms with Crippen molar-refractivity contribution in [2.75, 3.05) is 0 Å². The van der Waals surface area contributed by atoms with Gasteiger partial charge >= 0.3 is 0 Å². The lowest BCUT2D eigenvalue weighted by atomic mass is 10.1. The zero-order valence-electron chi connectivity index (χ0n) is 4.49. The van der Waals surface area contributed by atoms with Crippen molar-refractivity contribution >= 4 is 0 Å². The standard InChI is InChI=1S/C5H8NO/c1-5(2)3-4-7-6-5/h4,6H,1-2H3. The van der Waals surface area contributed by atoms with Crippen molar-refractivity contribution in [3.05, 3.63) is 12.3 Å². The fourth-order valence-electron chi connectivity index (χ4n) is 0.383. The van der Waals surface area contributed by atoms with Gasteiger partial charge < -0.3 is 4.84 Å². The van der Waals surface area contributed by atoms with E-state index in [1.54, 1.807) is 0 Å². The molecule has 0 atom stereocenters. The number of nitrogens with one attached hydrogen (secondary N) is 1. The molecule has 1 aliphatic rings. The molecular formula is C5H8NO. The maximum Gasteiger partial charge on any atom is 0.116 e. The summed E-state index contributed by atoms with van der Waals surface area (Å²) in [6.07, 6.45) is 4.47. The van der Waals surface area contributed by atoms with E-state index in [4.69, 9.17) is 0 Å². The van der Waals surface area contributed by atoms with Gasteiger partial charge in [-0.2, -0.15) is 0 Å². The monoisotopic (exact) mass is 98.1 g/mol. The van der Waals surface area contributed by atoms with Crippen molar-refractivity contribution in [3.8, 4) is 0 Å². The van der Waals surface area contributed by atoms with Gasteiger partial charge in [0.05, 0.1) is 5.54 Å². The average molecular weight is 98.1 g/mol. The van der Waals surface area contributed by atoms with Crippen molar-refractivity contribution in [1.82, 2.24) is 5.48 Å². The van der Waals surface area contributed by atoms with E-state index in [0.29, 0.717) is 0 Å². The molecule has 0 amide bonds. The van der Waals surface area contributed by atoms with E-state index < -0.39 is 0 Å². The lowest BCUT2D eigenvalue weighted by molar-refractivity contribution is 0.112. The van der Waals surface area contributed by atoms with Gasteiger partial charge in [0.2, 0.25) is 0 Å². The second-order valence-electron chi connectivity index (χ2n) is 2.11. The SMILES string of the molecule is CC1(C)[C]=CON1. The minimum Gasteiger partial charge on any atom is -0.415 e. The molecule has 1 aliphatic heterocycles. The Kier molecular flexibility index (Phi) is 0.820. The Hall–Kier alpha value is -0.500. The molecule has 0 aromatic carbocycles. The van der Waals surface area contributed by atoms with Gasteiger partial charge in [-0.3, -0.25) is 0 Å². The Morgan fingerprint density at radius 2 is 2.43 bits per heavy atom. The van der Waals surface area contributed by atoms with Gasteiger partial charge in [0.15, 0.2) is 0 Å². The Morgan fingerprint density at radius 1 is 1.71 bits per heavy atom. The van der Waals surface area contributed by atoms with Crippen molar-refractivity contribution in [1.29, 1.82) is 0 Å². The summed E-state index contributed by atoms with van der Waals surface area (Å²) in [5, 5.41) is 0. The van der Waals surface area contributed by atoms with Crippen LogP contribution in [0.25, 0.3) is 0 Å². The van der Waals surface area contributed by atoms with Crippen LogP contribution in [0.3, 0.4) is 0 Å². The Balaban J connectivity index is 2.57. The first-order valence-electron chi connectivity index (χ1n) is 2.23. The molecule has 0 bridgehead atoms. The van der Waals surface area contributed by atoms with E-state index in [0.717, 1.165) is 0 Å². The molecule has 39 valence electrons. The second kappa shape index (κ2) is 1.23. The van der Waals surface area contributed by atoms with Crippen LogP contribution in [0.5, 0.6) is 0 Å². The Morgan fingerprint density at radius 3 is 2.57 bits per heavy atom. The van der Waals surface area contributed by atoms with Crippen LogP contribution in [0.2, 0.25) is 0 Å². The first-order valence-corrected chi connectivity index (χ1v) is 2.23. The lowest BCUT2D eigenvalue weighted by Gasteiger charge is -2.10. The molecule has 0 aromatic heterocycles. The zero-order chi connectivity index (χ0) is 5.33. The molecule has 1 rings (SSSR count). The van der Waals surface area contributed by atoms with Gasteiger partial charge in [-0.05, 0) is 13.8 Å². The molecular weight excluding hydrogens is 90.1 g/mol. The van der Waals surface area contributed by atoms with Gasteiger partial charge in [0.25, 0.3) is 0 Å². The predicted molar refractivity (Wildman–Crippen MR) is 26.1 cm³/mol. The molecule has 2 heteroatoms. The highest BCUT2D eigenvalue weighted by Gasteiger charge is 2.17. The minimum absolute atomic E-state index is 0.0833. The van der Waals surface area contributed by atoms with Crippen molar-refractivity contribution < 1.29 is 4.84 Å². The maximum absolute atomic E-state index is 4.67. The van der Waals surface area contributed by atoms with Crippen LogP contribution in [0.15, 0.2) is 6.26 Å². The highest BCUT2D eigenvalue weighted by molar-refractivity contribution is 4.91. The average Bonchev–Trinajstić information content (AvgIpc) is 1.84. The lowest BCUT2D eigenvalue weighted by Crippen LogP contribution is -2.31. The summed E-state index contributed by atoms with van der Waals surface area (Å²) in [6, 6.07) is 0. The van der Waals surface area contributed by atoms with Gasteiger partial charge in [-0.25, -0.2) is 0 Å². The molecule has 1 N–H and O–H groups in total. The van der Waals surface area contributed by atoms with E-state index in [1.165, 1.54) is 6.26 Å². The highest BCUT2D eigenvalue weighted by atomic mass is 16.6. The predicted octanol–water partition coefficient (Wildman–Crippen LogP) is 0.617. The summed E-state index contributed by atoms with van der Waals surface area (Å²) in [5.74, 6) is 0. The fourth-order valence-corrected chi connectivity index (χ4v) is 0.383. The van der Waals surface area contributed by atoms with Gasteiger partial charge in [-0.15, -0.1) is 5.48 Å². The van der Waals surface area contributed by atoms with Crippen LogP contribution in [0, 0.1) is 6.08 Å². The summed E-state index contributed by atoms with van der Waals surface area (Å²) in [5.41, 5.74) is 2.65. The van der Waals surface area contributed by atoms with E-state index in [2.05, 4.69) is 16.4 Å². The van der Waals surface area contributed by atoms with E-state index in [9.17, 15) is 0 Å². The van der Waals surface area contributed by atoms with Crippen molar-refractivity contribution in [2.24, 2.45) is 0 Å². The van der Waals surface area contributed by atoms with E-state index >= 15 is 0 Å². The molecule has 0 spiro atoms. The van der Waals surface area contributed by atoms with Crippen LogP contribution < -0.4 is 5.48 Å². The van der Waals surface area contributed by atoms with Crippen LogP contribution in [-0.4, -0.2) is 5.54 Å². The number of hydrogen-bond donors (Lipinski definition) is 1. The van der Waals surface area contributed by atoms with Crippen LogP contribution in [-0.2, 0) is 4.84 Å². The summed E-state index contributed by atoms with van der Waals surface area (Å²) in [7, 11) is 0. The second-order valence-corrected chi connectivity index (χ2v) is 2.11. The largest absolute Gasteiger partial charge is 0.415 e. The molecule has 0 unspecified atom stereocenters. The molecule has 2 nitrogen and oxygen atoms in total. The number of hydrogen-bond acceptors (Lipinski definition) is 2. The topological polar surface area (TPSA) is 21.3 Å². The normalized spacial score (nSPS) is 24.9. The van der Waals surface area contributed by atoms with E-state index in [1.807, 2.05) is 13.8 Å². The molecule has 0 aromatic rings. The molecule has 0 fully saturated rings. The Bertz CT molecular complexity index is 96.3. The first kappa shape index (κ1) is 4.65. The third kappa shape index (κ3) is 0.933. The van der Waals surface area contributed by atoms with Crippen molar-refractivity contribution in [2.45, 2.75) is 19.4 Å². The Labute approximate surface area is 43.1 Å². The summed E-state index contributed by atoms with van der Waals surface area (Å²) >= 11 is 0. The van der Waals surface area contributed by atoms with Crippen molar-refractivity contribution in [3.63, 3.8) is 0 Å². The minimum atomic E-state index is -0.0833. The third-order valence-electron chi connectivity index (χ3n) is 0.793.